The van der Waals surface area contributed by atoms with Gasteiger partial charge in [-0.25, -0.2) is 0 Å². The van der Waals surface area contributed by atoms with Crippen molar-refractivity contribution in [1.82, 2.24) is 0 Å². The van der Waals surface area contributed by atoms with Crippen LogP contribution in [0.15, 0.2) is 78.9 Å². The van der Waals surface area contributed by atoms with Gasteiger partial charge in [-0.1, -0.05) is 163 Å². The van der Waals surface area contributed by atoms with Crippen molar-refractivity contribution in [2.24, 2.45) is 16.2 Å². The van der Waals surface area contributed by atoms with Crippen molar-refractivity contribution < 1.29 is 0 Å². The van der Waals surface area contributed by atoms with Crippen molar-refractivity contribution in [2.45, 2.75) is 131 Å². The molecule has 274 valence electrons. The van der Waals surface area contributed by atoms with Crippen LogP contribution in [0.5, 0.6) is 0 Å². The van der Waals surface area contributed by atoms with Crippen LogP contribution in [0, 0.1) is 16.2 Å². The van der Waals surface area contributed by atoms with Crippen molar-refractivity contribution in [2.75, 3.05) is 0 Å². The smallest absolute Gasteiger partial charge is 0.0595 e. The van der Waals surface area contributed by atoms with Crippen molar-refractivity contribution in [3.8, 4) is 0 Å². The Morgan fingerprint density at radius 3 is 1.67 bits per heavy atom. The van der Waals surface area contributed by atoms with E-state index in [4.69, 9.17) is 46.4 Å². The number of hydrogen-bond acceptors (Lipinski definition) is 0. The maximum Gasteiger partial charge on any atom is 0.0595 e. The van der Waals surface area contributed by atoms with Crippen molar-refractivity contribution in [3.63, 3.8) is 0 Å². The maximum absolute atomic E-state index is 6.23. The second-order valence-corrected chi connectivity index (χ2v) is 19.9. The largest absolute Gasteiger partial charge is 0.0843 e. The zero-order chi connectivity index (χ0) is 37.3. The first-order valence-electron chi connectivity index (χ1n) is 19.0. The first-order chi connectivity index (χ1) is 23.9. The lowest BCUT2D eigenvalue weighted by atomic mass is 9.65. The van der Waals surface area contributed by atoms with Gasteiger partial charge in [0.2, 0.25) is 0 Å². The monoisotopic (exact) mass is 762 g/mol. The van der Waals surface area contributed by atoms with E-state index in [1.807, 2.05) is 18.2 Å². The van der Waals surface area contributed by atoms with Crippen LogP contribution >= 0.6 is 46.4 Å². The Hall–Kier alpha value is -1.96. The molecule has 0 spiro atoms. The highest BCUT2D eigenvalue weighted by Gasteiger charge is 2.35. The van der Waals surface area contributed by atoms with E-state index in [9.17, 15) is 0 Å². The highest BCUT2D eigenvalue weighted by Crippen LogP contribution is 2.50. The van der Waals surface area contributed by atoms with Crippen LogP contribution in [0.25, 0.3) is 0 Å². The molecule has 0 amide bonds. The molecule has 0 radical (unpaired) electrons. The average Bonchev–Trinajstić information content (AvgIpc) is 3.50. The van der Waals surface area contributed by atoms with E-state index in [0.717, 1.165) is 28.8 Å². The molecule has 0 saturated heterocycles. The summed E-state index contributed by atoms with van der Waals surface area (Å²) in [7, 11) is 0. The average molecular weight is 765 g/mol. The number of fused-ring (bicyclic) bond motifs is 3. The summed E-state index contributed by atoms with van der Waals surface area (Å²) >= 11 is 24.6. The standard InChI is InChI=1S/C20H22Cl2.C14H20.C13H16Cl2/c1-20(2,3)17-10-9-14(15-6-4-5-7-16(15)17)13-8-11-18(21)19(22)12-13;1-14(2,3)13-10-6-8-11-7-4-5-9-12(11)13;1-13(2,3)11-5-4-9-10(11)6-8(14)7-12(9)15/h4-8,11-12,14,17H,9-10H2,1-3H3;4-5,7,9,13H,6,8,10H2,1-3H3;6-7,11H,4-5H2,1-3H3. The van der Waals surface area contributed by atoms with Gasteiger partial charge in [0.1, 0.15) is 0 Å². The molecule has 4 aromatic rings. The molecule has 0 N–H and O–H groups in total. The maximum atomic E-state index is 6.23. The lowest BCUT2D eigenvalue weighted by Gasteiger charge is -2.39. The fourth-order valence-corrected chi connectivity index (χ4v) is 9.87. The van der Waals surface area contributed by atoms with Crippen molar-refractivity contribution in [1.29, 1.82) is 0 Å². The molecule has 0 bridgehead atoms. The summed E-state index contributed by atoms with van der Waals surface area (Å²) in [6.07, 6.45) is 8.66. The summed E-state index contributed by atoms with van der Waals surface area (Å²) in [5.74, 6) is 2.38. The van der Waals surface area contributed by atoms with Crippen molar-refractivity contribution in [3.05, 3.63) is 138 Å². The molecular formula is C47H58Cl4. The molecule has 0 aromatic heterocycles. The summed E-state index contributed by atoms with van der Waals surface area (Å²) in [5.41, 5.74) is 11.1. The number of aryl methyl sites for hydroxylation is 1. The van der Waals surface area contributed by atoms with Gasteiger partial charge in [-0.2, -0.15) is 0 Å². The number of halogens is 4. The fraction of sp³-hybridized carbons (Fsp3) is 0.489. The highest BCUT2D eigenvalue weighted by molar-refractivity contribution is 6.42. The SMILES string of the molecule is CC(C)(C)C1CCC(c2ccc(Cl)c(Cl)c2)c2ccccc21.CC(C)(C)C1CCCc2ccccc21.CC(C)(C)C1CCc2c(Cl)cc(Cl)cc21. The zero-order valence-corrected chi connectivity index (χ0v) is 35.3. The van der Waals surface area contributed by atoms with E-state index in [2.05, 4.69) is 123 Å². The minimum Gasteiger partial charge on any atom is -0.0843 e. The van der Waals surface area contributed by atoms with E-state index < -0.39 is 0 Å². The molecule has 0 nitrogen and oxygen atoms in total. The molecule has 4 atom stereocenters. The van der Waals surface area contributed by atoms with E-state index in [1.165, 1.54) is 59.9 Å². The predicted octanol–water partition coefficient (Wildman–Crippen LogP) is 16.3. The lowest BCUT2D eigenvalue weighted by molar-refractivity contribution is 0.284. The summed E-state index contributed by atoms with van der Waals surface area (Å²) in [6.45, 7) is 20.9. The normalized spacial score (nSPS) is 21.3. The molecule has 7 rings (SSSR count). The molecule has 0 heterocycles. The molecule has 3 aliphatic rings. The highest BCUT2D eigenvalue weighted by atomic mass is 35.5. The predicted molar refractivity (Wildman–Crippen MR) is 225 cm³/mol. The Morgan fingerprint density at radius 2 is 1.04 bits per heavy atom. The Balaban J connectivity index is 0.000000154. The van der Waals surface area contributed by atoms with Gasteiger partial charge in [0.25, 0.3) is 0 Å². The van der Waals surface area contributed by atoms with Crippen LogP contribution in [0.4, 0.5) is 0 Å². The van der Waals surface area contributed by atoms with E-state index in [1.54, 1.807) is 11.1 Å². The Morgan fingerprint density at radius 1 is 0.471 bits per heavy atom. The molecule has 0 fully saturated rings. The molecule has 0 saturated carbocycles. The van der Waals surface area contributed by atoms with Gasteiger partial charge in [-0.05, 0) is 142 Å². The number of rotatable bonds is 1. The van der Waals surface area contributed by atoms with Crippen LogP contribution in [0.2, 0.25) is 20.1 Å². The Kier molecular flexibility index (Phi) is 12.8. The summed E-state index contributed by atoms with van der Waals surface area (Å²) < 4.78 is 0. The first-order valence-corrected chi connectivity index (χ1v) is 20.5. The third kappa shape index (κ3) is 9.59. The summed E-state index contributed by atoms with van der Waals surface area (Å²) in [5, 5.41) is 2.87. The molecular weight excluding hydrogens is 706 g/mol. The van der Waals surface area contributed by atoms with Crippen LogP contribution < -0.4 is 0 Å². The van der Waals surface area contributed by atoms with Crippen LogP contribution in [-0.4, -0.2) is 0 Å². The fourth-order valence-electron chi connectivity index (χ4n) is 8.96. The Labute approximate surface area is 329 Å². The minimum atomic E-state index is 0.290. The van der Waals surface area contributed by atoms with Crippen molar-refractivity contribution >= 4 is 46.4 Å². The lowest BCUT2D eigenvalue weighted by Crippen LogP contribution is -2.25. The summed E-state index contributed by atoms with van der Waals surface area (Å²) in [6, 6.07) is 27.9. The molecule has 4 unspecified atom stereocenters. The molecule has 4 heteroatoms. The van der Waals surface area contributed by atoms with Crippen LogP contribution in [0.3, 0.4) is 0 Å². The van der Waals surface area contributed by atoms with Gasteiger partial charge in [0.05, 0.1) is 10.0 Å². The van der Waals surface area contributed by atoms with Crippen LogP contribution in [-0.2, 0) is 12.8 Å². The quantitative estimate of drug-likeness (QED) is 0.181. The van der Waals surface area contributed by atoms with E-state index in [0.29, 0.717) is 44.0 Å². The second kappa shape index (κ2) is 16.2. The summed E-state index contributed by atoms with van der Waals surface area (Å²) in [4.78, 5) is 0. The minimum absolute atomic E-state index is 0.290. The van der Waals surface area contributed by atoms with E-state index in [-0.39, 0.29) is 0 Å². The van der Waals surface area contributed by atoms with Crippen LogP contribution in [0.1, 0.15) is 157 Å². The third-order valence-corrected chi connectivity index (χ3v) is 12.9. The van der Waals surface area contributed by atoms with Gasteiger partial charge in [0.15, 0.2) is 0 Å². The molecule has 51 heavy (non-hydrogen) atoms. The van der Waals surface area contributed by atoms with Gasteiger partial charge in [-0.3, -0.25) is 0 Å². The number of benzene rings is 4. The zero-order valence-electron chi connectivity index (χ0n) is 32.3. The van der Waals surface area contributed by atoms with E-state index >= 15 is 0 Å². The molecule has 0 aliphatic heterocycles. The molecule has 3 aliphatic carbocycles. The topological polar surface area (TPSA) is 0 Å². The third-order valence-electron chi connectivity index (χ3n) is 11.6. The molecule has 4 aromatic carbocycles. The van der Waals surface area contributed by atoms with Gasteiger partial charge < -0.3 is 0 Å². The van der Waals surface area contributed by atoms with Gasteiger partial charge in [-0.15, -0.1) is 0 Å². The number of hydrogen-bond donors (Lipinski definition) is 0. The first kappa shape index (κ1) is 40.2. The Bertz CT molecular complexity index is 1800. The van der Waals surface area contributed by atoms with Gasteiger partial charge >= 0.3 is 0 Å². The second-order valence-electron chi connectivity index (χ2n) is 18.3. The van der Waals surface area contributed by atoms with Gasteiger partial charge in [0, 0.05) is 16.0 Å².